The summed E-state index contributed by atoms with van der Waals surface area (Å²) < 4.78 is 0.468. The molecule has 0 spiro atoms. The summed E-state index contributed by atoms with van der Waals surface area (Å²) in [5, 5.41) is 3.30. The van der Waals surface area contributed by atoms with Crippen molar-refractivity contribution in [2.45, 2.75) is 39.5 Å². The van der Waals surface area contributed by atoms with E-state index in [9.17, 15) is 4.79 Å². The average Bonchev–Trinajstić information content (AvgIpc) is 2.35. The van der Waals surface area contributed by atoms with Gasteiger partial charge in [0.25, 0.3) is 0 Å². The Labute approximate surface area is 109 Å². The summed E-state index contributed by atoms with van der Waals surface area (Å²) in [5.41, 5.74) is 1.65. The lowest BCUT2D eigenvalue weighted by Gasteiger charge is -2.23. The lowest BCUT2D eigenvalue weighted by atomic mass is 10.1. The Bertz CT molecular complexity index is 421. The number of anilines is 2. The van der Waals surface area contributed by atoms with Crippen molar-refractivity contribution in [3.63, 3.8) is 0 Å². The Hall–Kier alpha value is -0.900. The number of nitrogens with one attached hydrogen (secondary N) is 1. The van der Waals surface area contributed by atoms with Gasteiger partial charge in [0.05, 0.1) is 5.69 Å². The maximum Gasteiger partial charge on any atom is 0.224 e. The fourth-order valence-electron chi connectivity index (χ4n) is 1.83. The van der Waals surface area contributed by atoms with E-state index in [2.05, 4.69) is 12.2 Å². The van der Waals surface area contributed by atoms with Crippen molar-refractivity contribution in [2.24, 2.45) is 0 Å². The highest BCUT2D eigenvalue weighted by Gasteiger charge is 2.19. The molecule has 0 heterocycles. The normalized spacial score (nSPS) is 10.8. The third kappa shape index (κ3) is 3.28. The van der Waals surface area contributed by atoms with Gasteiger partial charge in [-0.3, -0.25) is 4.79 Å². The molecule has 1 aromatic rings. The van der Waals surface area contributed by atoms with Crippen LogP contribution in [-0.4, -0.2) is 20.1 Å². The molecular formula is C13H22N2OS. The maximum atomic E-state index is 11.6. The number of hydrogen-bond donors (Lipinski definition) is 1. The Morgan fingerprint density at radius 2 is 1.94 bits per heavy atom. The van der Waals surface area contributed by atoms with Crippen molar-refractivity contribution >= 4 is 23.6 Å². The van der Waals surface area contributed by atoms with E-state index in [1.165, 1.54) is 19.3 Å². The van der Waals surface area contributed by atoms with Crippen LogP contribution in [0.1, 0.15) is 39.5 Å². The van der Waals surface area contributed by atoms with Gasteiger partial charge >= 0.3 is 0 Å². The van der Waals surface area contributed by atoms with Crippen LogP contribution in [0.25, 0.3) is 0 Å². The SMILES string of the molecule is CCCCCCNc1c(N(C)CC)c(=O)c1=S. The average molecular weight is 254 g/mol. The Morgan fingerprint density at radius 3 is 2.53 bits per heavy atom. The van der Waals surface area contributed by atoms with Gasteiger partial charge in [-0.15, -0.1) is 0 Å². The van der Waals surface area contributed by atoms with Crippen molar-refractivity contribution in [1.82, 2.24) is 0 Å². The molecule has 0 radical (unpaired) electrons. The van der Waals surface area contributed by atoms with E-state index in [0.29, 0.717) is 4.51 Å². The van der Waals surface area contributed by atoms with Crippen LogP contribution in [0.5, 0.6) is 0 Å². The molecule has 0 saturated heterocycles. The summed E-state index contributed by atoms with van der Waals surface area (Å²) in [6.45, 7) is 5.96. The summed E-state index contributed by atoms with van der Waals surface area (Å²) in [6.07, 6.45) is 4.88. The van der Waals surface area contributed by atoms with Gasteiger partial charge in [0.2, 0.25) is 5.43 Å². The highest BCUT2D eigenvalue weighted by Crippen LogP contribution is 2.25. The van der Waals surface area contributed by atoms with Crippen molar-refractivity contribution in [3.8, 4) is 0 Å². The first-order valence-electron chi connectivity index (χ1n) is 6.41. The van der Waals surface area contributed by atoms with Gasteiger partial charge in [-0.25, -0.2) is 0 Å². The maximum absolute atomic E-state index is 11.6. The van der Waals surface area contributed by atoms with Gasteiger partial charge < -0.3 is 10.2 Å². The molecule has 3 nitrogen and oxygen atoms in total. The molecule has 0 aliphatic heterocycles. The van der Waals surface area contributed by atoms with E-state index in [1.54, 1.807) is 0 Å². The van der Waals surface area contributed by atoms with Crippen molar-refractivity contribution < 1.29 is 0 Å². The van der Waals surface area contributed by atoms with Gasteiger partial charge in [-0.1, -0.05) is 38.4 Å². The van der Waals surface area contributed by atoms with Crippen molar-refractivity contribution in [1.29, 1.82) is 0 Å². The zero-order valence-electron chi connectivity index (χ0n) is 11.0. The van der Waals surface area contributed by atoms with Crippen LogP contribution in [0.3, 0.4) is 0 Å². The van der Waals surface area contributed by atoms with Crippen molar-refractivity contribution in [3.05, 3.63) is 14.7 Å². The number of nitrogens with zero attached hydrogens (tertiary/aromatic N) is 1. The van der Waals surface area contributed by atoms with E-state index < -0.39 is 0 Å². The molecule has 0 aliphatic carbocycles. The van der Waals surface area contributed by atoms with E-state index in [-0.39, 0.29) is 5.43 Å². The molecule has 0 bridgehead atoms. The summed E-state index contributed by atoms with van der Waals surface area (Å²) in [4.78, 5) is 13.6. The summed E-state index contributed by atoms with van der Waals surface area (Å²) in [6, 6.07) is 0. The quantitative estimate of drug-likeness (QED) is 0.571. The van der Waals surface area contributed by atoms with E-state index in [1.807, 2.05) is 18.9 Å². The molecule has 0 fully saturated rings. The predicted octanol–water partition coefficient (Wildman–Crippen LogP) is 3.10. The number of unbranched alkanes of at least 4 members (excludes halogenated alkanes) is 3. The largest absolute Gasteiger partial charge is 0.382 e. The Morgan fingerprint density at radius 1 is 1.24 bits per heavy atom. The van der Waals surface area contributed by atoms with Crippen LogP contribution in [0.4, 0.5) is 11.4 Å². The second-order valence-electron chi connectivity index (χ2n) is 4.38. The standard InChI is InChI=1S/C13H22N2OS/c1-4-6-7-8-9-14-10-11(15(3)5-2)12(16)13(10)17/h14H,4-9H2,1-3H3. The molecule has 0 aliphatic rings. The fourth-order valence-corrected chi connectivity index (χ4v) is 2.10. The van der Waals surface area contributed by atoms with Crippen LogP contribution in [-0.2, 0) is 0 Å². The zero-order chi connectivity index (χ0) is 12.8. The molecule has 1 rings (SSSR count). The van der Waals surface area contributed by atoms with E-state index in [4.69, 9.17) is 12.2 Å². The third-order valence-corrected chi connectivity index (χ3v) is 3.46. The fraction of sp³-hybridized carbons (Fsp3) is 0.692. The molecule has 0 aromatic heterocycles. The van der Waals surface area contributed by atoms with Crippen LogP contribution < -0.4 is 15.6 Å². The lowest BCUT2D eigenvalue weighted by Crippen LogP contribution is -2.29. The first-order chi connectivity index (χ1) is 8.13. The molecule has 1 N–H and O–H groups in total. The van der Waals surface area contributed by atoms with Crippen LogP contribution in [0.15, 0.2) is 4.79 Å². The monoisotopic (exact) mass is 254 g/mol. The minimum Gasteiger partial charge on any atom is -0.382 e. The molecule has 4 heteroatoms. The minimum absolute atomic E-state index is 0.0143. The van der Waals surface area contributed by atoms with E-state index >= 15 is 0 Å². The first-order valence-corrected chi connectivity index (χ1v) is 6.82. The van der Waals surface area contributed by atoms with Crippen molar-refractivity contribution in [2.75, 3.05) is 30.4 Å². The molecule has 0 atom stereocenters. The topological polar surface area (TPSA) is 32.3 Å². The molecule has 0 unspecified atom stereocenters. The van der Waals surface area contributed by atoms with Gasteiger partial charge in [-0.05, 0) is 13.3 Å². The molecule has 0 amide bonds. The molecule has 96 valence electrons. The summed E-state index contributed by atoms with van der Waals surface area (Å²) in [5.74, 6) is 0. The van der Waals surface area contributed by atoms with Crippen LogP contribution in [0.2, 0.25) is 0 Å². The molecule has 1 aromatic carbocycles. The molecular weight excluding hydrogens is 232 g/mol. The smallest absolute Gasteiger partial charge is 0.224 e. The lowest BCUT2D eigenvalue weighted by molar-refractivity contribution is 0.684. The number of hydrogen-bond acceptors (Lipinski definition) is 4. The first kappa shape index (κ1) is 14.2. The van der Waals surface area contributed by atoms with Gasteiger partial charge in [0, 0.05) is 20.1 Å². The minimum atomic E-state index is 0.0143. The van der Waals surface area contributed by atoms with Gasteiger partial charge in [0.1, 0.15) is 10.2 Å². The van der Waals surface area contributed by atoms with Gasteiger partial charge in [-0.2, -0.15) is 0 Å². The molecule has 0 saturated carbocycles. The third-order valence-electron chi connectivity index (χ3n) is 3.07. The van der Waals surface area contributed by atoms with Gasteiger partial charge in [0.15, 0.2) is 0 Å². The zero-order valence-corrected chi connectivity index (χ0v) is 11.8. The van der Waals surface area contributed by atoms with E-state index in [0.717, 1.165) is 30.9 Å². The van der Waals surface area contributed by atoms with Crippen LogP contribution >= 0.6 is 12.2 Å². The Balaban J connectivity index is 2.51. The highest BCUT2D eigenvalue weighted by molar-refractivity contribution is 7.71. The van der Waals surface area contributed by atoms with Crippen LogP contribution in [0, 0.1) is 4.51 Å². The second-order valence-corrected chi connectivity index (χ2v) is 4.79. The second kappa shape index (κ2) is 6.74. The molecule has 17 heavy (non-hydrogen) atoms. The highest BCUT2D eigenvalue weighted by atomic mass is 32.1. The summed E-state index contributed by atoms with van der Waals surface area (Å²) >= 11 is 5.08. The number of rotatable bonds is 8. The Kier molecular flexibility index (Phi) is 5.62. The predicted molar refractivity (Wildman–Crippen MR) is 77.5 cm³/mol. The summed E-state index contributed by atoms with van der Waals surface area (Å²) in [7, 11) is 1.92.